The SMILES string of the molecule is Cc1c(C)c(C)c2c(c1C)CCCC2. The lowest BCUT2D eigenvalue weighted by Gasteiger charge is -2.24. The zero-order valence-corrected chi connectivity index (χ0v) is 9.83. The molecule has 0 heteroatoms. The minimum absolute atomic E-state index is 1.31. The summed E-state index contributed by atoms with van der Waals surface area (Å²) in [5, 5.41) is 0. The molecule has 0 saturated carbocycles. The van der Waals surface area contributed by atoms with Gasteiger partial charge in [0.25, 0.3) is 0 Å². The van der Waals surface area contributed by atoms with Crippen LogP contribution in [0.3, 0.4) is 0 Å². The third-order valence-electron chi connectivity index (χ3n) is 4.06. The third-order valence-corrected chi connectivity index (χ3v) is 4.06. The van der Waals surface area contributed by atoms with E-state index in [-0.39, 0.29) is 0 Å². The molecule has 2 rings (SSSR count). The largest absolute Gasteiger partial charge is 0.0489 e. The van der Waals surface area contributed by atoms with Crippen LogP contribution in [-0.4, -0.2) is 0 Å². The second-order valence-electron chi connectivity index (χ2n) is 4.66. The van der Waals surface area contributed by atoms with Gasteiger partial charge >= 0.3 is 0 Å². The van der Waals surface area contributed by atoms with Gasteiger partial charge in [0.1, 0.15) is 0 Å². The van der Waals surface area contributed by atoms with E-state index in [1.165, 1.54) is 36.8 Å². The Hall–Kier alpha value is -0.780. The third kappa shape index (κ3) is 1.28. The first kappa shape index (κ1) is 9.76. The van der Waals surface area contributed by atoms with Crippen LogP contribution in [0, 0.1) is 27.7 Å². The fraction of sp³-hybridized carbons (Fsp3) is 0.571. The molecule has 0 bridgehead atoms. The summed E-state index contributed by atoms with van der Waals surface area (Å²) in [6, 6.07) is 0. The first-order valence-electron chi connectivity index (χ1n) is 5.71. The van der Waals surface area contributed by atoms with Gasteiger partial charge in [-0.2, -0.15) is 0 Å². The molecule has 1 aromatic carbocycles. The minimum Gasteiger partial charge on any atom is -0.0489 e. The van der Waals surface area contributed by atoms with Gasteiger partial charge in [0.2, 0.25) is 0 Å². The van der Waals surface area contributed by atoms with Crippen molar-refractivity contribution in [3.63, 3.8) is 0 Å². The van der Waals surface area contributed by atoms with Crippen LogP contribution in [0.5, 0.6) is 0 Å². The van der Waals surface area contributed by atoms with Crippen LogP contribution in [0.1, 0.15) is 46.2 Å². The summed E-state index contributed by atoms with van der Waals surface area (Å²) in [6.07, 6.45) is 5.39. The Morgan fingerprint density at radius 2 is 0.929 bits per heavy atom. The van der Waals surface area contributed by atoms with Gasteiger partial charge in [-0.05, 0) is 86.8 Å². The molecule has 0 N–H and O–H groups in total. The molecule has 0 spiro atoms. The van der Waals surface area contributed by atoms with Crippen molar-refractivity contribution in [1.82, 2.24) is 0 Å². The number of hydrogen-bond acceptors (Lipinski definition) is 0. The van der Waals surface area contributed by atoms with Crippen molar-refractivity contribution in [1.29, 1.82) is 0 Å². The molecule has 76 valence electrons. The highest BCUT2D eigenvalue weighted by molar-refractivity contribution is 5.50. The zero-order chi connectivity index (χ0) is 10.3. The first-order valence-corrected chi connectivity index (χ1v) is 5.71. The van der Waals surface area contributed by atoms with E-state index in [0.717, 1.165) is 0 Å². The highest BCUT2D eigenvalue weighted by atomic mass is 14.2. The number of hydrogen-bond donors (Lipinski definition) is 0. The Kier molecular flexibility index (Phi) is 2.38. The summed E-state index contributed by atoms with van der Waals surface area (Å²) in [5.41, 5.74) is 9.48. The minimum atomic E-state index is 1.31. The molecule has 1 aliphatic carbocycles. The van der Waals surface area contributed by atoms with E-state index in [1.54, 1.807) is 22.3 Å². The van der Waals surface area contributed by atoms with Crippen LogP contribution in [0.25, 0.3) is 0 Å². The average molecular weight is 188 g/mol. The molecule has 0 fully saturated rings. The second-order valence-corrected chi connectivity index (χ2v) is 4.66. The van der Waals surface area contributed by atoms with E-state index < -0.39 is 0 Å². The molecule has 0 radical (unpaired) electrons. The maximum Gasteiger partial charge on any atom is -0.0273 e. The van der Waals surface area contributed by atoms with Crippen molar-refractivity contribution in [2.75, 3.05) is 0 Å². The molecule has 0 saturated heterocycles. The van der Waals surface area contributed by atoms with Crippen LogP contribution in [0.2, 0.25) is 0 Å². The zero-order valence-electron chi connectivity index (χ0n) is 9.83. The maximum atomic E-state index is 2.30. The van der Waals surface area contributed by atoms with Gasteiger partial charge in [0.15, 0.2) is 0 Å². The van der Waals surface area contributed by atoms with Crippen LogP contribution >= 0.6 is 0 Å². The van der Waals surface area contributed by atoms with Crippen LogP contribution in [-0.2, 0) is 12.8 Å². The maximum absolute atomic E-state index is 2.30. The Morgan fingerprint density at radius 1 is 0.571 bits per heavy atom. The van der Waals surface area contributed by atoms with E-state index in [1.807, 2.05) is 0 Å². The Morgan fingerprint density at radius 3 is 1.29 bits per heavy atom. The van der Waals surface area contributed by atoms with Crippen molar-refractivity contribution in [2.24, 2.45) is 0 Å². The molecule has 1 aliphatic rings. The lowest BCUT2D eigenvalue weighted by atomic mass is 9.81. The molecule has 0 aromatic heterocycles. The van der Waals surface area contributed by atoms with Gasteiger partial charge in [-0.25, -0.2) is 0 Å². The summed E-state index contributed by atoms with van der Waals surface area (Å²) in [7, 11) is 0. The molecule has 0 aliphatic heterocycles. The molecule has 14 heavy (non-hydrogen) atoms. The molecule has 0 heterocycles. The predicted molar refractivity (Wildman–Crippen MR) is 62.0 cm³/mol. The summed E-state index contributed by atoms with van der Waals surface area (Å²) < 4.78 is 0. The quantitative estimate of drug-likeness (QED) is 0.581. The summed E-state index contributed by atoms with van der Waals surface area (Å²) >= 11 is 0. The molecule has 1 aromatic rings. The van der Waals surface area contributed by atoms with Gasteiger partial charge in [0.05, 0.1) is 0 Å². The first-order chi connectivity index (χ1) is 6.63. The summed E-state index contributed by atoms with van der Waals surface area (Å²) in [5.74, 6) is 0. The molecular formula is C14H20. The second kappa shape index (κ2) is 3.42. The molecule has 0 nitrogen and oxygen atoms in total. The summed E-state index contributed by atoms with van der Waals surface area (Å²) in [6.45, 7) is 9.14. The van der Waals surface area contributed by atoms with E-state index in [4.69, 9.17) is 0 Å². The molecular weight excluding hydrogens is 168 g/mol. The molecule has 0 amide bonds. The highest BCUT2D eigenvalue weighted by Crippen LogP contribution is 2.31. The predicted octanol–water partition coefficient (Wildman–Crippen LogP) is 3.80. The van der Waals surface area contributed by atoms with Crippen LogP contribution in [0.4, 0.5) is 0 Å². The Balaban J connectivity index is 2.71. The fourth-order valence-electron chi connectivity index (χ4n) is 2.75. The highest BCUT2D eigenvalue weighted by Gasteiger charge is 2.17. The van der Waals surface area contributed by atoms with E-state index in [9.17, 15) is 0 Å². The number of rotatable bonds is 0. The molecule has 0 unspecified atom stereocenters. The van der Waals surface area contributed by atoms with E-state index in [0.29, 0.717) is 0 Å². The van der Waals surface area contributed by atoms with Crippen LogP contribution in [0.15, 0.2) is 0 Å². The number of fused-ring (bicyclic) bond motifs is 1. The summed E-state index contributed by atoms with van der Waals surface area (Å²) in [4.78, 5) is 0. The standard InChI is InChI=1S/C14H20/c1-9-10(2)12(4)14-8-6-5-7-13(14)11(9)3/h5-8H2,1-4H3. The Labute approximate surface area is 87.3 Å². The number of benzene rings is 1. The van der Waals surface area contributed by atoms with E-state index >= 15 is 0 Å². The van der Waals surface area contributed by atoms with Gasteiger partial charge in [-0.3, -0.25) is 0 Å². The fourth-order valence-corrected chi connectivity index (χ4v) is 2.75. The molecule has 0 atom stereocenters. The lowest BCUT2D eigenvalue weighted by molar-refractivity contribution is 0.676. The van der Waals surface area contributed by atoms with Crippen molar-refractivity contribution in [3.05, 3.63) is 33.4 Å². The van der Waals surface area contributed by atoms with Crippen LogP contribution < -0.4 is 0 Å². The van der Waals surface area contributed by atoms with Gasteiger partial charge in [-0.15, -0.1) is 0 Å². The lowest BCUT2D eigenvalue weighted by Crippen LogP contribution is -2.10. The van der Waals surface area contributed by atoms with Gasteiger partial charge in [-0.1, -0.05) is 0 Å². The van der Waals surface area contributed by atoms with Crippen molar-refractivity contribution in [2.45, 2.75) is 53.4 Å². The van der Waals surface area contributed by atoms with Crippen molar-refractivity contribution < 1.29 is 0 Å². The Bertz CT molecular complexity index is 335. The monoisotopic (exact) mass is 188 g/mol. The topological polar surface area (TPSA) is 0 Å². The average Bonchev–Trinajstić information content (AvgIpc) is 2.23. The van der Waals surface area contributed by atoms with Gasteiger partial charge in [0, 0.05) is 0 Å². The van der Waals surface area contributed by atoms with Crippen molar-refractivity contribution in [3.8, 4) is 0 Å². The smallest absolute Gasteiger partial charge is 0.0273 e. The van der Waals surface area contributed by atoms with Gasteiger partial charge < -0.3 is 0 Å². The normalized spacial score (nSPS) is 15.4. The van der Waals surface area contributed by atoms with Crippen molar-refractivity contribution >= 4 is 0 Å². The van der Waals surface area contributed by atoms with E-state index in [2.05, 4.69) is 27.7 Å².